The Morgan fingerprint density at radius 1 is 1.40 bits per heavy atom. The van der Waals surface area contributed by atoms with E-state index < -0.39 is 0 Å². The summed E-state index contributed by atoms with van der Waals surface area (Å²) < 4.78 is 11.1. The minimum absolute atomic E-state index is 0.668. The van der Waals surface area contributed by atoms with Crippen LogP contribution in [0, 0.1) is 0 Å². The van der Waals surface area contributed by atoms with Crippen LogP contribution in [0.2, 0.25) is 0 Å². The third-order valence-electron chi connectivity index (χ3n) is 2.50. The number of hydrogen-bond acceptors (Lipinski definition) is 3. The lowest BCUT2D eigenvalue weighted by atomic mass is 10.1. The molecule has 1 aliphatic rings. The molecule has 3 heteroatoms. The Morgan fingerprint density at radius 3 is 3.20 bits per heavy atom. The van der Waals surface area contributed by atoms with Gasteiger partial charge in [0.1, 0.15) is 11.5 Å². The lowest BCUT2D eigenvalue weighted by molar-refractivity contribution is 0.280. The highest BCUT2D eigenvalue weighted by atomic mass is 16.5. The van der Waals surface area contributed by atoms with Crippen molar-refractivity contribution in [3.63, 3.8) is 0 Å². The van der Waals surface area contributed by atoms with Gasteiger partial charge in [-0.1, -0.05) is 6.07 Å². The predicted octanol–water partition coefficient (Wildman–Crippen LogP) is 1.74. The fourth-order valence-corrected chi connectivity index (χ4v) is 1.68. The summed E-state index contributed by atoms with van der Waals surface area (Å²) in [5.41, 5.74) is 6.68. The Hall–Kier alpha value is -1.22. The van der Waals surface area contributed by atoms with Crippen LogP contribution in [0.1, 0.15) is 18.4 Å². The molecular formula is C12H17NO2. The van der Waals surface area contributed by atoms with Crippen LogP contribution in [0.25, 0.3) is 0 Å². The maximum absolute atomic E-state index is 5.57. The van der Waals surface area contributed by atoms with Crippen LogP contribution in [-0.4, -0.2) is 19.8 Å². The Labute approximate surface area is 90.2 Å². The second kappa shape index (κ2) is 5.03. The second-order valence-corrected chi connectivity index (χ2v) is 3.71. The first kappa shape index (κ1) is 10.3. The van der Waals surface area contributed by atoms with Crippen LogP contribution in [0.4, 0.5) is 0 Å². The minimum Gasteiger partial charge on any atom is -0.493 e. The molecule has 15 heavy (non-hydrogen) atoms. The Bertz CT molecular complexity index is 325. The standard InChI is InChI=1S/C12H17NO2/c13-6-2-8-14-11-5-4-10-3-1-7-15-12(10)9-11/h4-5,9H,1-3,6-8,13H2. The molecule has 0 spiro atoms. The normalized spacial score (nSPS) is 14.2. The maximum atomic E-state index is 5.57. The summed E-state index contributed by atoms with van der Waals surface area (Å²) in [5.74, 6) is 1.86. The largest absolute Gasteiger partial charge is 0.493 e. The van der Waals surface area contributed by atoms with Crippen LogP contribution in [0.15, 0.2) is 18.2 Å². The van der Waals surface area contributed by atoms with Gasteiger partial charge in [-0.3, -0.25) is 0 Å². The molecule has 1 aromatic rings. The molecule has 0 saturated heterocycles. The monoisotopic (exact) mass is 207 g/mol. The molecule has 0 aromatic heterocycles. The number of benzene rings is 1. The molecule has 82 valence electrons. The minimum atomic E-state index is 0.668. The van der Waals surface area contributed by atoms with Crippen LogP contribution in [0.3, 0.4) is 0 Å². The van der Waals surface area contributed by atoms with Crippen molar-refractivity contribution in [2.45, 2.75) is 19.3 Å². The maximum Gasteiger partial charge on any atom is 0.126 e. The number of rotatable bonds is 4. The van der Waals surface area contributed by atoms with Crippen LogP contribution >= 0.6 is 0 Å². The molecule has 0 atom stereocenters. The van der Waals surface area contributed by atoms with Crippen molar-refractivity contribution in [3.05, 3.63) is 23.8 Å². The van der Waals surface area contributed by atoms with Gasteiger partial charge in [-0.15, -0.1) is 0 Å². The smallest absolute Gasteiger partial charge is 0.126 e. The van der Waals surface area contributed by atoms with Gasteiger partial charge in [-0.25, -0.2) is 0 Å². The third kappa shape index (κ3) is 2.63. The van der Waals surface area contributed by atoms with Crippen molar-refractivity contribution in [3.8, 4) is 11.5 Å². The van der Waals surface area contributed by atoms with E-state index in [2.05, 4.69) is 6.07 Å². The SMILES string of the molecule is NCCCOc1ccc2c(c1)OCCC2. The van der Waals surface area contributed by atoms with E-state index in [1.807, 2.05) is 12.1 Å². The van der Waals surface area contributed by atoms with E-state index in [9.17, 15) is 0 Å². The second-order valence-electron chi connectivity index (χ2n) is 3.71. The molecule has 0 saturated carbocycles. The summed E-state index contributed by atoms with van der Waals surface area (Å²) in [7, 11) is 0. The summed E-state index contributed by atoms with van der Waals surface area (Å²) in [6.07, 6.45) is 3.11. The van der Waals surface area contributed by atoms with Crippen LogP contribution < -0.4 is 15.2 Å². The molecule has 0 aliphatic carbocycles. The Kier molecular flexibility index (Phi) is 3.45. The van der Waals surface area contributed by atoms with Gasteiger partial charge in [0, 0.05) is 6.07 Å². The summed E-state index contributed by atoms with van der Waals surface area (Å²) in [4.78, 5) is 0. The number of nitrogens with two attached hydrogens (primary N) is 1. The first-order valence-electron chi connectivity index (χ1n) is 5.49. The highest BCUT2D eigenvalue weighted by Crippen LogP contribution is 2.28. The third-order valence-corrected chi connectivity index (χ3v) is 2.50. The predicted molar refractivity (Wildman–Crippen MR) is 59.4 cm³/mol. The van der Waals surface area contributed by atoms with Crippen molar-refractivity contribution < 1.29 is 9.47 Å². The van der Waals surface area contributed by atoms with E-state index >= 15 is 0 Å². The van der Waals surface area contributed by atoms with Gasteiger partial charge < -0.3 is 15.2 Å². The van der Waals surface area contributed by atoms with E-state index in [0.29, 0.717) is 13.2 Å². The number of ether oxygens (including phenoxy) is 2. The molecule has 0 radical (unpaired) electrons. The van der Waals surface area contributed by atoms with E-state index in [-0.39, 0.29) is 0 Å². The summed E-state index contributed by atoms with van der Waals surface area (Å²) in [6, 6.07) is 6.07. The molecule has 3 nitrogen and oxygen atoms in total. The molecule has 2 rings (SSSR count). The summed E-state index contributed by atoms with van der Waals surface area (Å²) >= 11 is 0. The summed E-state index contributed by atoms with van der Waals surface area (Å²) in [6.45, 7) is 2.16. The van der Waals surface area contributed by atoms with Gasteiger partial charge in [-0.05, 0) is 37.4 Å². The molecule has 0 unspecified atom stereocenters. The number of hydrogen-bond donors (Lipinski definition) is 1. The lowest BCUT2D eigenvalue weighted by Crippen LogP contribution is -2.09. The van der Waals surface area contributed by atoms with Crippen LogP contribution in [0.5, 0.6) is 11.5 Å². The molecule has 0 bridgehead atoms. The number of fused-ring (bicyclic) bond motifs is 1. The quantitative estimate of drug-likeness (QED) is 0.765. The van der Waals surface area contributed by atoms with Crippen molar-refractivity contribution in [1.29, 1.82) is 0 Å². The first-order valence-corrected chi connectivity index (χ1v) is 5.49. The molecule has 0 fully saturated rings. The average molecular weight is 207 g/mol. The van der Waals surface area contributed by atoms with Gasteiger partial charge in [-0.2, -0.15) is 0 Å². The molecule has 1 aromatic carbocycles. The van der Waals surface area contributed by atoms with Crippen molar-refractivity contribution in [1.82, 2.24) is 0 Å². The van der Waals surface area contributed by atoms with Gasteiger partial charge in [0.25, 0.3) is 0 Å². The van der Waals surface area contributed by atoms with E-state index in [4.69, 9.17) is 15.2 Å². The van der Waals surface area contributed by atoms with Gasteiger partial charge in [0.05, 0.1) is 13.2 Å². The summed E-state index contributed by atoms with van der Waals surface area (Å²) in [5, 5.41) is 0. The van der Waals surface area contributed by atoms with Crippen LogP contribution in [-0.2, 0) is 6.42 Å². The van der Waals surface area contributed by atoms with Crippen molar-refractivity contribution in [2.24, 2.45) is 5.73 Å². The van der Waals surface area contributed by atoms with Gasteiger partial charge in [0.2, 0.25) is 0 Å². The topological polar surface area (TPSA) is 44.5 Å². The van der Waals surface area contributed by atoms with Crippen molar-refractivity contribution >= 4 is 0 Å². The Balaban J connectivity index is 2.00. The fourth-order valence-electron chi connectivity index (χ4n) is 1.68. The average Bonchev–Trinajstić information content (AvgIpc) is 2.29. The van der Waals surface area contributed by atoms with Gasteiger partial charge >= 0.3 is 0 Å². The number of aryl methyl sites for hydroxylation is 1. The molecule has 1 aliphatic heterocycles. The zero-order valence-electron chi connectivity index (χ0n) is 8.87. The molecule has 1 heterocycles. The highest BCUT2D eigenvalue weighted by molar-refractivity contribution is 5.41. The zero-order chi connectivity index (χ0) is 10.5. The van der Waals surface area contributed by atoms with E-state index in [0.717, 1.165) is 37.4 Å². The fraction of sp³-hybridized carbons (Fsp3) is 0.500. The van der Waals surface area contributed by atoms with Crippen molar-refractivity contribution in [2.75, 3.05) is 19.8 Å². The first-order chi connectivity index (χ1) is 7.40. The molecular weight excluding hydrogens is 190 g/mol. The lowest BCUT2D eigenvalue weighted by Gasteiger charge is -2.17. The molecule has 0 amide bonds. The Morgan fingerprint density at radius 2 is 2.33 bits per heavy atom. The zero-order valence-corrected chi connectivity index (χ0v) is 8.87. The highest BCUT2D eigenvalue weighted by Gasteiger charge is 2.10. The molecule has 2 N–H and O–H groups in total. The van der Waals surface area contributed by atoms with E-state index in [1.54, 1.807) is 0 Å². The van der Waals surface area contributed by atoms with Gasteiger partial charge in [0.15, 0.2) is 0 Å². The van der Waals surface area contributed by atoms with E-state index in [1.165, 1.54) is 5.56 Å².